The molecule has 0 saturated carbocycles. The highest BCUT2D eigenvalue weighted by Gasteiger charge is 2.75. The van der Waals surface area contributed by atoms with Gasteiger partial charge >= 0.3 is 29.8 Å². The molecule has 234 valence electrons. The molecule has 0 amide bonds. The maximum atomic E-state index is 13.0. The first-order valence-corrected chi connectivity index (χ1v) is 13.2. The van der Waals surface area contributed by atoms with Crippen LogP contribution in [0.1, 0.15) is 55.4 Å². The number of aliphatic hydroxyl groups is 4. The quantitative estimate of drug-likeness (QED) is 0.181. The molecule has 1 saturated heterocycles. The van der Waals surface area contributed by atoms with E-state index in [1.165, 1.54) is 32.9 Å². The molecule has 0 radical (unpaired) electrons. The highest BCUT2D eigenvalue weighted by molar-refractivity contribution is 5.84. The molecule has 0 spiro atoms. The van der Waals surface area contributed by atoms with Crippen LogP contribution in [-0.2, 0) is 47.7 Å². The Labute approximate surface area is 242 Å². The highest BCUT2D eigenvalue weighted by atomic mass is 16.6. The molecular formula is C28H38O14. The predicted molar refractivity (Wildman–Crippen MR) is 139 cm³/mol. The van der Waals surface area contributed by atoms with Crippen molar-refractivity contribution >= 4 is 29.8 Å². The first kappa shape index (κ1) is 33.2. The van der Waals surface area contributed by atoms with Gasteiger partial charge < -0.3 is 44.1 Å². The molecule has 0 unspecified atom stereocenters. The van der Waals surface area contributed by atoms with E-state index >= 15 is 0 Å². The van der Waals surface area contributed by atoms with Gasteiger partial charge in [-0.25, -0.2) is 4.79 Å². The summed E-state index contributed by atoms with van der Waals surface area (Å²) in [5, 5.41) is 47.6. The fourth-order valence-corrected chi connectivity index (χ4v) is 6.44. The van der Waals surface area contributed by atoms with Gasteiger partial charge in [-0.3, -0.25) is 19.2 Å². The van der Waals surface area contributed by atoms with Crippen molar-refractivity contribution in [3.05, 3.63) is 23.8 Å². The zero-order valence-electron chi connectivity index (χ0n) is 24.6. The molecule has 1 fully saturated rings. The molecule has 1 aliphatic heterocycles. The van der Waals surface area contributed by atoms with Crippen LogP contribution in [0.5, 0.6) is 0 Å². The van der Waals surface area contributed by atoms with Crippen LogP contribution in [0.2, 0.25) is 0 Å². The van der Waals surface area contributed by atoms with Gasteiger partial charge in [0.2, 0.25) is 0 Å². The number of hydrogen-bond donors (Lipinski definition) is 4. The lowest BCUT2D eigenvalue weighted by molar-refractivity contribution is -0.265. The summed E-state index contributed by atoms with van der Waals surface area (Å²) < 4.78 is 27.3. The van der Waals surface area contributed by atoms with Crippen LogP contribution in [0.25, 0.3) is 0 Å². The average molecular weight is 599 g/mol. The summed E-state index contributed by atoms with van der Waals surface area (Å²) in [5.74, 6) is -6.62. The minimum Gasteiger partial charge on any atom is -0.459 e. The number of ether oxygens (including phenoxy) is 5. The lowest BCUT2D eigenvalue weighted by atomic mass is 9.53. The van der Waals surface area contributed by atoms with Crippen molar-refractivity contribution in [3.63, 3.8) is 0 Å². The van der Waals surface area contributed by atoms with Crippen LogP contribution in [-0.4, -0.2) is 104 Å². The summed E-state index contributed by atoms with van der Waals surface area (Å²) in [5.41, 5.74) is -9.80. The molecule has 14 heteroatoms. The summed E-state index contributed by atoms with van der Waals surface area (Å²) in [7, 11) is 0. The van der Waals surface area contributed by atoms with Crippen LogP contribution in [0, 0.1) is 11.3 Å². The van der Waals surface area contributed by atoms with Crippen LogP contribution in [0.4, 0.5) is 0 Å². The Morgan fingerprint density at radius 1 is 0.833 bits per heavy atom. The lowest BCUT2D eigenvalue weighted by Crippen LogP contribution is -2.74. The molecule has 14 nitrogen and oxygen atoms in total. The Kier molecular flexibility index (Phi) is 8.74. The molecule has 2 aliphatic carbocycles. The van der Waals surface area contributed by atoms with E-state index in [9.17, 15) is 44.4 Å². The van der Waals surface area contributed by atoms with Crippen molar-refractivity contribution < 1.29 is 68.1 Å². The second-order valence-corrected chi connectivity index (χ2v) is 11.7. The number of rotatable bonds is 4. The van der Waals surface area contributed by atoms with Crippen LogP contribution >= 0.6 is 0 Å². The van der Waals surface area contributed by atoms with E-state index in [2.05, 4.69) is 0 Å². The van der Waals surface area contributed by atoms with Gasteiger partial charge in [0.1, 0.15) is 30.0 Å². The molecule has 0 aromatic heterocycles. The summed E-state index contributed by atoms with van der Waals surface area (Å²) >= 11 is 0. The third-order valence-corrected chi connectivity index (χ3v) is 8.36. The minimum absolute atomic E-state index is 0.0109. The largest absolute Gasteiger partial charge is 0.459 e. The highest BCUT2D eigenvalue weighted by Crippen LogP contribution is 2.56. The first-order valence-electron chi connectivity index (χ1n) is 13.2. The number of hydrogen-bond acceptors (Lipinski definition) is 14. The Morgan fingerprint density at radius 3 is 1.83 bits per heavy atom. The van der Waals surface area contributed by atoms with Gasteiger partial charge in [-0.15, -0.1) is 0 Å². The second-order valence-electron chi connectivity index (χ2n) is 11.7. The summed E-state index contributed by atoms with van der Waals surface area (Å²) in [4.78, 5) is 62.1. The van der Waals surface area contributed by atoms with Gasteiger partial charge in [-0.05, 0) is 38.5 Å². The molecule has 0 aromatic rings. The smallest absolute Gasteiger partial charge is 0.341 e. The van der Waals surface area contributed by atoms with E-state index in [1.54, 1.807) is 0 Å². The van der Waals surface area contributed by atoms with Gasteiger partial charge in [0.15, 0.2) is 23.4 Å². The van der Waals surface area contributed by atoms with Crippen LogP contribution in [0.3, 0.4) is 0 Å². The Balaban J connectivity index is 2.53. The van der Waals surface area contributed by atoms with Gasteiger partial charge in [0.25, 0.3) is 0 Å². The topological polar surface area (TPSA) is 212 Å². The number of esters is 5. The van der Waals surface area contributed by atoms with E-state index in [4.69, 9.17) is 23.7 Å². The molecule has 1 heterocycles. The zero-order chi connectivity index (χ0) is 32.2. The van der Waals surface area contributed by atoms with Crippen molar-refractivity contribution in [1.82, 2.24) is 0 Å². The molecule has 3 rings (SSSR count). The van der Waals surface area contributed by atoms with Crippen molar-refractivity contribution in [2.45, 2.75) is 109 Å². The Morgan fingerprint density at radius 2 is 1.33 bits per heavy atom. The predicted octanol–water partition coefficient (Wildman–Crippen LogP) is -0.615. The van der Waals surface area contributed by atoms with Crippen molar-refractivity contribution in [2.75, 3.05) is 0 Å². The SMILES string of the molecule is CC(=O)O[C@@H]1[C@H](O)[C@@H](OC(C)=O)/C(C)=C\[C@H]2OC(=O)[C@@](C)(O)[C@@]2(O)[C@@H](OC(C)=O)[C@H]2[C@](C)(O)[C@H](OC(C)=O)C=C[C@]12C. The maximum Gasteiger partial charge on any atom is 0.341 e. The summed E-state index contributed by atoms with van der Waals surface area (Å²) in [6.45, 7) is 9.03. The van der Waals surface area contributed by atoms with Crippen LogP contribution in [0.15, 0.2) is 23.8 Å². The van der Waals surface area contributed by atoms with E-state index in [0.29, 0.717) is 0 Å². The summed E-state index contributed by atoms with van der Waals surface area (Å²) in [6.07, 6.45) is -6.74. The van der Waals surface area contributed by atoms with E-state index in [1.807, 2.05) is 0 Å². The fraction of sp³-hybridized carbons (Fsp3) is 0.679. The van der Waals surface area contributed by atoms with E-state index in [-0.39, 0.29) is 5.57 Å². The minimum atomic E-state index is -2.86. The van der Waals surface area contributed by atoms with Gasteiger partial charge in [-0.1, -0.05) is 13.0 Å². The third-order valence-electron chi connectivity index (χ3n) is 8.36. The fourth-order valence-electron chi connectivity index (χ4n) is 6.44. The Bertz CT molecular complexity index is 1220. The second kappa shape index (κ2) is 11.1. The molecule has 3 aliphatic rings. The lowest BCUT2D eigenvalue weighted by Gasteiger charge is -2.57. The number of carbonyl (C=O) groups excluding carboxylic acids is 5. The molecule has 4 N–H and O–H groups in total. The number of fused-ring (bicyclic) bond motifs is 2. The monoisotopic (exact) mass is 598 g/mol. The van der Waals surface area contributed by atoms with Crippen molar-refractivity contribution in [1.29, 1.82) is 0 Å². The molecule has 42 heavy (non-hydrogen) atoms. The van der Waals surface area contributed by atoms with Crippen LogP contribution < -0.4 is 0 Å². The normalized spacial score (nSPS) is 44.3. The zero-order valence-corrected chi connectivity index (χ0v) is 24.6. The Hall–Kier alpha value is -3.33. The third kappa shape index (κ3) is 5.32. The average Bonchev–Trinajstić information content (AvgIpc) is 3.00. The van der Waals surface area contributed by atoms with Gasteiger partial charge in [0, 0.05) is 39.0 Å². The molecule has 0 aromatic carbocycles. The van der Waals surface area contributed by atoms with E-state index in [0.717, 1.165) is 40.7 Å². The van der Waals surface area contributed by atoms with Crippen molar-refractivity contribution in [2.24, 2.45) is 11.3 Å². The number of carbonyl (C=O) groups is 5. The molecule has 11 atom stereocenters. The molecule has 0 bridgehead atoms. The molecular weight excluding hydrogens is 560 g/mol. The van der Waals surface area contributed by atoms with Crippen molar-refractivity contribution in [3.8, 4) is 0 Å². The summed E-state index contributed by atoms with van der Waals surface area (Å²) in [6, 6.07) is 0. The first-order chi connectivity index (χ1) is 19.1. The van der Waals surface area contributed by atoms with E-state index < -0.39 is 94.6 Å². The van der Waals surface area contributed by atoms with Gasteiger partial charge in [-0.2, -0.15) is 0 Å². The maximum absolute atomic E-state index is 13.0. The van der Waals surface area contributed by atoms with Gasteiger partial charge in [0.05, 0.1) is 0 Å². The standard InChI is InChI=1S/C28H38O14/c1-12-11-18-28(37,27(8,36)24(34)42-18)23(41-16(5)32)21-25(6,10-9-17(26(21,7)35)38-13(2)29)22(40-15(4)31)19(33)20(12)39-14(3)30/h9-11,17-23,33,35-37H,1-8H3/b12-11-/t17-,18-,19-,20+,21-,22-,23+,25+,26-,27-,28+/m1/s1. The number of aliphatic hydroxyl groups excluding tert-OH is 1.